The maximum Gasteiger partial charge on any atom is 0.433 e. The van der Waals surface area contributed by atoms with E-state index in [1.807, 2.05) is 18.2 Å². The lowest BCUT2D eigenvalue weighted by molar-refractivity contribution is -0.141. The number of ether oxygens (including phenoxy) is 2. The highest BCUT2D eigenvalue weighted by Crippen LogP contribution is 2.29. The second-order valence-corrected chi connectivity index (χ2v) is 6.96. The van der Waals surface area contributed by atoms with Gasteiger partial charge in [-0.2, -0.15) is 13.2 Å². The molecule has 1 saturated heterocycles. The molecule has 1 aliphatic heterocycles. The van der Waals surface area contributed by atoms with Crippen molar-refractivity contribution in [2.45, 2.75) is 38.6 Å². The summed E-state index contributed by atoms with van der Waals surface area (Å²) in [7, 11) is 1.55. The summed E-state index contributed by atoms with van der Waals surface area (Å²) >= 11 is 0. The molecule has 2 aromatic rings. The van der Waals surface area contributed by atoms with Gasteiger partial charge in [-0.05, 0) is 38.0 Å². The summed E-state index contributed by atoms with van der Waals surface area (Å²) in [5, 5.41) is 0. The fraction of sp³-hybridized carbons (Fsp3) is 0.429. The summed E-state index contributed by atoms with van der Waals surface area (Å²) in [6.07, 6.45) is -2.90. The number of carbonyl (C=O) groups excluding carboxylic acids is 1. The number of carbonyl (C=O) groups is 1. The van der Waals surface area contributed by atoms with E-state index in [1.54, 1.807) is 18.1 Å². The number of amides is 1. The number of methoxy groups -OCH3 is 1. The van der Waals surface area contributed by atoms with E-state index >= 15 is 0 Å². The fourth-order valence-electron chi connectivity index (χ4n) is 3.41. The lowest BCUT2D eigenvalue weighted by Crippen LogP contribution is -2.37. The fourth-order valence-corrected chi connectivity index (χ4v) is 3.41. The Morgan fingerprint density at radius 2 is 2.03 bits per heavy atom. The van der Waals surface area contributed by atoms with Gasteiger partial charge in [0.1, 0.15) is 11.4 Å². The Labute approximate surface area is 167 Å². The number of halogens is 3. The van der Waals surface area contributed by atoms with Crippen LogP contribution in [-0.2, 0) is 17.5 Å². The van der Waals surface area contributed by atoms with Gasteiger partial charge in [-0.25, -0.2) is 4.98 Å². The van der Waals surface area contributed by atoms with E-state index < -0.39 is 11.9 Å². The normalized spacial score (nSPS) is 16.7. The van der Waals surface area contributed by atoms with Gasteiger partial charge in [-0.15, -0.1) is 0 Å². The Kier molecular flexibility index (Phi) is 6.42. The van der Waals surface area contributed by atoms with Crippen molar-refractivity contribution >= 4 is 5.91 Å². The number of nitrogens with zero attached hydrogens (tertiary/aromatic N) is 2. The summed E-state index contributed by atoms with van der Waals surface area (Å²) in [5.41, 5.74) is -0.0195. The predicted molar refractivity (Wildman–Crippen MR) is 101 cm³/mol. The standard InChI is InChI=1S/C21H23F3N2O3/c1-14-17(9-10-19(25-14)21(22,23)24)20(27)26(13-16-7-5-11-29-16)12-15-6-3-4-8-18(15)28-2/h3-4,6,8-10,16H,5,7,11-13H2,1-2H3. The Hall–Kier alpha value is -2.61. The topological polar surface area (TPSA) is 51.7 Å². The largest absolute Gasteiger partial charge is 0.496 e. The number of alkyl halides is 3. The van der Waals surface area contributed by atoms with E-state index in [2.05, 4.69) is 4.98 Å². The van der Waals surface area contributed by atoms with Crippen LogP contribution in [0, 0.1) is 6.92 Å². The molecule has 0 aliphatic carbocycles. The van der Waals surface area contributed by atoms with Crippen molar-refractivity contribution in [1.29, 1.82) is 0 Å². The van der Waals surface area contributed by atoms with Crippen molar-refractivity contribution in [3.8, 4) is 5.75 Å². The van der Waals surface area contributed by atoms with Crippen molar-refractivity contribution < 1.29 is 27.4 Å². The molecule has 1 aromatic heterocycles. The molecule has 1 aromatic carbocycles. The van der Waals surface area contributed by atoms with Gasteiger partial charge >= 0.3 is 6.18 Å². The Morgan fingerprint density at radius 3 is 2.66 bits per heavy atom. The van der Waals surface area contributed by atoms with E-state index in [1.165, 1.54) is 13.0 Å². The van der Waals surface area contributed by atoms with Crippen LogP contribution in [0.4, 0.5) is 13.2 Å². The van der Waals surface area contributed by atoms with Gasteiger partial charge in [0, 0.05) is 25.3 Å². The van der Waals surface area contributed by atoms with E-state index in [-0.39, 0.29) is 29.8 Å². The zero-order valence-corrected chi connectivity index (χ0v) is 16.3. The van der Waals surface area contributed by atoms with Crippen LogP contribution in [0.2, 0.25) is 0 Å². The van der Waals surface area contributed by atoms with E-state index in [4.69, 9.17) is 9.47 Å². The van der Waals surface area contributed by atoms with Crippen molar-refractivity contribution in [1.82, 2.24) is 9.88 Å². The third-order valence-electron chi connectivity index (χ3n) is 4.90. The molecule has 0 radical (unpaired) electrons. The highest BCUT2D eigenvalue weighted by Gasteiger charge is 2.33. The number of aryl methyl sites for hydroxylation is 1. The van der Waals surface area contributed by atoms with Gasteiger partial charge in [0.05, 0.1) is 24.5 Å². The number of pyridine rings is 1. The van der Waals surface area contributed by atoms with Crippen LogP contribution in [0.3, 0.4) is 0 Å². The van der Waals surface area contributed by atoms with Crippen molar-refractivity contribution in [2.24, 2.45) is 0 Å². The molecule has 2 heterocycles. The summed E-state index contributed by atoms with van der Waals surface area (Å²) in [6, 6.07) is 9.36. The third-order valence-corrected chi connectivity index (χ3v) is 4.90. The van der Waals surface area contributed by atoms with Gasteiger partial charge in [-0.1, -0.05) is 18.2 Å². The molecule has 0 bridgehead atoms. The summed E-state index contributed by atoms with van der Waals surface area (Å²) in [5.74, 6) is 0.255. The summed E-state index contributed by atoms with van der Waals surface area (Å²) in [4.78, 5) is 18.4. The van der Waals surface area contributed by atoms with Crippen LogP contribution in [0.15, 0.2) is 36.4 Å². The molecule has 8 heteroatoms. The smallest absolute Gasteiger partial charge is 0.433 e. The molecule has 1 aliphatic rings. The third kappa shape index (κ3) is 5.06. The van der Waals surface area contributed by atoms with Crippen LogP contribution < -0.4 is 4.74 Å². The maximum atomic E-state index is 13.2. The summed E-state index contributed by atoms with van der Waals surface area (Å²) < 4.78 is 49.8. The average Bonchev–Trinajstić information content (AvgIpc) is 3.19. The minimum absolute atomic E-state index is 0.0437. The van der Waals surface area contributed by atoms with Crippen LogP contribution in [0.25, 0.3) is 0 Å². The minimum Gasteiger partial charge on any atom is -0.496 e. The number of aromatic nitrogens is 1. The van der Waals surface area contributed by atoms with Crippen LogP contribution >= 0.6 is 0 Å². The highest BCUT2D eigenvalue weighted by molar-refractivity contribution is 5.95. The molecule has 0 spiro atoms. The Bertz CT molecular complexity index is 864. The van der Waals surface area contributed by atoms with E-state index in [0.717, 1.165) is 24.5 Å². The van der Waals surface area contributed by atoms with Gasteiger partial charge < -0.3 is 14.4 Å². The van der Waals surface area contributed by atoms with E-state index in [9.17, 15) is 18.0 Å². The lowest BCUT2D eigenvalue weighted by Gasteiger charge is -2.27. The quantitative estimate of drug-likeness (QED) is 0.718. The molecule has 1 atom stereocenters. The maximum absolute atomic E-state index is 13.2. The van der Waals surface area contributed by atoms with Crippen LogP contribution in [0.1, 0.15) is 40.2 Å². The second kappa shape index (κ2) is 8.82. The number of hydrogen-bond acceptors (Lipinski definition) is 4. The molecule has 5 nitrogen and oxygen atoms in total. The molecule has 1 fully saturated rings. The van der Waals surface area contributed by atoms with Crippen molar-refractivity contribution in [3.63, 3.8) is 0 Å². The molecule has 156 valence electrons. The number of hydrogen-bond donors (Lipinski definition) is 0. The van der Waals surface area contributed by atoms with Gasteiger partial charge in [0.15, 0.2) is 0 Å². The minimum atomic E-state index is -4.55. The molecular weight excluding hydrogens is 385 g/mol. The van der Waals surface area contributed by atoms with Gasteiger partial charge in [0.25, 0.3) is 5.91 Å². The first kappa shape index (κ1) is 21.1. The first-order chi connectivity index (χ1) is 13.8. The number of rotatable bonds is 6. The zero-order chi connectivity index (χ0) is 21.0. The first-order valence-corrected chi connectivity index (χ1v) is 9.37. The van der Waals surface area contributed by atoms with Crippen LogP contribution in [0.5, 0.6) is 5.75 Å². The number of para-hydroxylation sites is 1. The van der Waals surface area contributed by atoms with Crippen molar-refractivity contribution in [2.75, 3.05) is 20.3 Å². The molecule has 1 unspecified atom stereocenters. The Morgan fingerprint density at radius 1 is 1.28 bits per heavy atom. The monoisotopic (exact) mass is 408 g/mol. The zero-order valence-electron chi connectivity index (χ0n) is 16.3. The van der Waals surface area contributed by atoms with Crippen LogP contribution in [-0.4, -0.2) is 42.2 Å². The summed E-state index contributed by atoms with van der Waals surface area (Å²) in [6.45, 7) is 2.65. The molecule has 29 heavy (non-hydrogen) atoms. The molecule has 0 N–H and O–H groups in total. The van der Waals surface area contributed by atoms with Gasteiger partial charge in [-0.3, -0.25) is 4.79 Å². The Balaban J connectivity index is 1.89. The predicted octanol–water partition coefficient (Wildman–Crippen LogP) is 4.24. The van der Waals surface area contributed by atoms with E-state index in [0.29, 0.717) is 18.9 Å². The van der Waals surface area contributed by atoms with Gasteiger partial charge in [0.2, 0.25) is 0 Å². The second-order valence-electron chi connectivity index (χ2n) is 6.96. The molecular formula is C21H23F3N2O3. The SMILES string of the molecule is COc1ccccc1CN(CC1CCCO1)C(=O)c1ccc(C(F)(F)F)nc1C. The molecule has 3 rings (SSSR count). The van der Waals surface area contributed by atoms with Crippen molar-refractivity contribution in [3.05, 3.63) is 58.9 Å². The molecule has 1 amide bonds. The average molecular weight is 408 g/mol. The lowest BCUT2D eigenvalue weighted by atomic mass is 10.1. The highest BCUT2D eigenvalue weighted by atomic mass is 19.4. The first-order valence-electron chi connectivity index (χ1n) is 9.37. The number of benzene rings is 1. The molecule has 0 saturated carbocycles.